The Morgan fingerprint density at radius 3 is 2.42 bits per heavy atom. The van der Waals surface area contributed by atoms with Crippen molar-refractivity contribution >= 4 is 11.6 Å². The Morgan fingerprint density at radius 1 is 1.08 bits per heavy atom. The van der Waals surface area contributed by atoms with E-state index in [1.54, 1.807) is 22.8 Å². The number of ether oxygens (including phenoxy) is 2. The largest absolute Gasteiger partial charge is 0.352 e. The zero-order valence-corrected chi connectivity index (χ0v) is 15.5. The molecule has 1 N–H and O–H groups in total. The Hall–Kier alpha value is -2.44. The second-order valence-electron chi connectivity index (χ2n) is 5.69. The molecule has 0 fully saturated rings. The molecule has 26 heavy (non-hydrogen) atoms. The number of aromatic nitrogens is 1. The Balaban J connectivity index is 2.17. The summed E-state index contributed by atoms with van der Waals surface area (Å²) < 4.78 is 12.5. The minimum Gasteiger partial charge on any atom is -0.352 e. The van der Waals surface area contributed by atoms with Gasteiger partial charge in [0.25, 0.3) is 5.56 Å². The molecule has 2 aromatic rings. The van der Waals surface area contributed by atoms with Gasteiger partial charge >= 0.3 is 0 Å². The SMILES string of the molecule is CCOC(CC(=O)Nc1cccc(-n2c(CC)cccc2=O)c1)OCC. The first-order valence-corrected chi connectivity index (χ1v) is 8.93. The summed E-state index contributed by atoms with van der Waals surface area (Å²) in [7, 11) is 0. The lowest BCUT2D eigenvalue weighted by Crippen LogP contribution is -2.25. The smallest absolute Gasteiger partial charge is 0.255 e. The Bertz CT molecular complexity index is 779. The highest BCUT2D eigenvalue weighted by Crippen LogP contribution is 2.16. The maximum Gasteiger partial charge on any atom is 0.255 e. The van der Waals surface area contributed by atoms with Crippen LogP contribution in [0.3, 0.4) is 0 Å². The summed E-state index contributed by atoms with van der Waals surface area (Å²) >= 11 is 0. The third-order valence-corrected chi connectivity index (χ3v) is 3.84. The van der Waals surface area contributed by atoms with Crippen LogP contribution >= 0.6 is 0 Å². The molecule has 0 saturated heterocycles. The Labute approximate surface area is 153 Å². The van der Waals surface area contributed by atoms with Crippen molar-refractivity contribution in [3.8, 4) is 5.69 Å². The molecule has 0 saturated carbocycles. The van der Waals surface area contributed by atoms with Gasteiger partial charge in [0.05, 0.1) is 12.1 Å². The molecule has 1 aromatic carbocycles. The Kier molecular flexibility index (Phi) is 7.56. The van der Waals surface area contributed by atoms with Crippen molar-refractivity contribution in [2.45, 2.75) is 39.9 Å². The van der Waals surface area contributed by atoms with Gasteiger partial charge in [-0.15, -0.1) is 0 Å². The number of nitrogens with one attached hydrogen (secondary N) is 1. The number of pyridine rings is 1. The van der Waals surface area contributed by atoms with Crippen molar-refractivity contribution in [3.05, 3.63) is 58.5 Å². The maximum absolute atomic E-state index is 12.3. The lowest BCUT2D eigenvalue weighted by atomic mass is 10.2. The number of aryl methyl sites for hydroxylation is 1. The van der Waals surface area contributed by atoms with E-state index in [9.17, 15) is 9.59 Å². The summed E-state index contributed by atoms with van der Waals surface area (Å²) in [5, 5.41) is 2.84. The van der Waals surface area contributed by atoms with Gasteiger partial charge in [0.15, 0.2) is 6.29 Å². The molecule has 140 valence electrons. The fourth-order valence-corrected chi connectivity index (χ4v) is 2.73. The maximum atomic E-state index is 12.3. The molecule has 0 spiro atoms. The average Bonchev–Trinajstić information content (AvgIpc) is 2.62. The van der Waals surface area contributed by atoms with Crippen LogP contribution in [0.2, 0.25) is 0 Å². The van der Waals surface area contributed by atoms with Gasteiger partial charge in [-0.25, -0.2) is 0 Å². The Morgan fingerprint density at radius 2 is 1.77 bits per heavy atom. The first kappa shape index (κ1) is 19.9. The molecule has 6 nitrogen and oxygen atoms in total. The average molecular weight is 358 g/mol. The number of anilines is 1. The van der Waals surface area contributed by atoms with Crippen molar-refractivity contribution in [2.24, 2.45) is 0 Å². The van der Waals surface area contributed by atoms with Crippen LogP contribution in [0.4, 0.5) is 5.69 Å². The second-order valence-corrected chi connectivity index (χ2v) is 5.69. The topological polar surface area (TPSA) is 69.6 Å². The van der Waals surface area contributed by atoms with E-state index in [0.29, 0.717) is 18.9 Å². The second kappa shape index (κ2) is 9.89. The van der Waals surface area contributed by atoms with Crippen LogP contribution in [-0.2, 0) is 20.7 Å². The van der Waals surface area contributed by atoms with Crippen LogP contribution in [0.5, 0.6) is 0 Å². The zero-order chi connectivity index (χ0) is 18.9. The summed E-state index contributed by atoms with van der Waals surface area (Å²) in [6.45, 7) is 6.67. The van der Waals surface area contributed by atoms with Crippen LogP contribution in [0, 0.1) is 0 Å². The normalized spacial score (nSPS) is 10.9. The van der Waals surface area contributed by atoms with Crippen molar-refractivity contribution in [2.75, 3.05) is 18.5 Å². The van der Waals surface area contributed by atoms with Crippen LogP contribution in [0.1, 0.15) is 32.9 Å². The number of benzene rings is 1. The molecule has 0 unspecified atom stereocenters. The number of carbonyl (C=O) groups is 1. The molecule has 0 radical (unpaired) electrons. The minimum absolute atomic E-state index is 0.0967. The van der Waals surface area contributed by atoms with Gasteiger partial charge in [0, 0.05) is 30.7 Å². The number of hydrogen-bond acceptors (Lipinski definition) is 4. The monoisotopic (exact) mass is 358 g/mol. The van der Waals surface area contributed by atoms with Crippen molar-refractivity contribution < 1.29 is 14.3 Å². The molecule has 0 atom stereocenters. The van der Waals surface area contributed by atoms with Crippen molar-refractivity contribution in [1.29, 1.82) is 0 Å². The molecular weight excluding hydrogens is 332 g/mol. The van der Waals surface area contributed by atoms with Crippen LogP contribution in [-0.4, -0.2) is 30.0 Å². The zero-order valence-electron chi connectivity index (χ0n) is 15.5. The van der Waals surface area contributed by atoms with E-state index in [4.69, 9.17) is 9.47 Å². The summed E-state index contributed by atoms with van der Waals surface area (Å²) in [5.74, 6) is -0.204. The van der Waals surface area contributed by atoms with E-state index in [1.165, 1.54) is 6.07 Å². The van der Waals surface area contributed by atoms with E-state index < -0.39 is 6.29 Å². The van der Waals surface area contributed by atoms with Gasteiger partial charge < -0.3 is 14.8 Å². The van der Waals surface area contributed by atoms with Crippen molar-refractivity contribution in [3.63, 3.8) is 0 Å². The fourth-order valence-electron chi connectivity index (χ4n) is 2.73. The molecule has 1 aromatic heterocycles. The first-order chi connectivity index (χ1) is 12.6. The highest BCUT2D eigenvalue weighted by Gasteiger charge is 2.14. The van der Waals surface area contributed by atoms with Gasteiger partial charge in [0.2, 0.25) is 5.91 Å². The van der Waals surface area contributed by atoms with E-state index in [-0.39, 0.29) is 17.9 Å². The van der Waals surface area contributed by atoms with Crippen molar-refractivity contribution in [1.82, 2.24) is 4.57 Å². The highest BCUT2D eigenvalue weighted by atomic mass is 16.7. The predicted molar refractivity (Wildman–Crippen MR) is 102 cm³/mol. The highest BCUT2D eigenvalue weighted by molar-refractivity contribution is 5.91. The molecule has 1 heterocycles. The molecule has 0 aliphatic carbocycles. The van der Waals surface area contributed by atoms with Crippen LogP contribution in [0.25, 0.3) is 5.69 Å². The van der Waals surface area contributed by atoms with E-state index >= 15 is 0 Å². The molecule has 6 heteroatoms. The molecular formula is C20H26N2O4. The summed E-state index contributed by atoms with van der Waals surface area (Å²) in [6, 6.07) is 12.4. The van der Waals surface area contributed by atoms with Crippen LogP contribution in [0.15, 0.2) is 47.3 Å². The first-order valence-electron chi connectivity index (χ1n) is 8.93. The lowest BCUT2D eigenvalue weighted by Gasteiger charge is -2.17. The number of carbonyl (C=O) groups excluding carboxylic acids is 1. The van der Waals surface area contributed by atoms with E-state index in [2.05, 4.69) is 5.32 Å². The van der Waals surface area contributed by atoms with E-state index in [0.717, 1.165) is 17.8 Å². The molecule has 0 aliphatic heterocycles. The molecule has 1 amide bonds. The lowest BCUT2D eigenvalue weighted by molar-refractivity contribution is -0.150. The summed E-state index contributed by atoms with van der Waals surface area (Å²) in [5.41, 5.74) is 2.16. The molecule has 0 bridgehead atoms. The van der Waals surface area contributed by atoms with Gasteiger partial charge in [-0.05, 0) is 44.5 Å². The van der Waals surface area contributed by atoms with Gasteiger partial charge in [-0.1, -0.05) is 19.1 Å². The number of nitrogens with zero attached hydrogens (tertiary/aromatic N) is 1. The third kappa shape index (κ3) is 5.28. The summed E-state index contributed by atoms with van der Waals surface area (Å²) in [6.07, 6.45) is 0.283. The quantitative estimate of drug-likeness (QED) is 0.699. The standard InChI is InChI=1S/C20H26N2O4/c1-4-16-10-8-12-19(24)22(16)17-11-7-9-15(13-17)21-18(23)14-20(25-5-2)26-6-3/h7-13,20H,4-6,14H2,1-3H3,(H,21,23). The number of rotatable bonds is 9. The third-order valence-electron chi connectivity index (χ3n) is 3.84. The molecule has 0 aliphatic rings. The predicted octanol–water partition coefficient (Wildman–Crippen LogP) is 3.13. The van der Waals surface area contributed by atoms with Crippen LogP contribution < -0.4 is 10.9 Å². The molecule has 2 rings (SSSR count). The number of hydrogen-bond donors (Lipinski definition) is 1. The van der Waals surface area contributed by atoms with E-state index in [1.807, 2.05) is 39.0 Å². The number of amides is 1. The fraction of sp³-hybridized carbons (Fsp3) is 0.400. The van der Waals surface area contributed by atoms with Gasteiger partial charge in [0.1, 0.15) is 0 Å². The summed E-state index contributed by atoms with van der Waals surface area (Å²) in [4.78, 5) is 24.5. The van der Waals surface area contributed by atoms with Gasteiger partial charge in [-0.3, -0.25) is 14.2 Å². The minimum atomic E-state index is -0.559. The van der Waals surface area contributed by atoms with Gasteiger partial charge in [-0.2, -0.15) is 0 Å².